The van der Waals surface area contributed by atoms with E-state index in [1.165, 1.54) is 5.56 Å². The standard InChI is InChI=1S/C17H27NO/c1-5-18-12-17(4,13(2)3)11-15-10-14-8-6-7-9-16(14)19-15/h6-9,13,15,18H,5,10-12H2,1-4H3. The Kier molecular flexibility index (Phi) is 4.51. The Labute approximate surface area is 117 Å². The van der Waals surface area contributed by atoms with Crippen LogP contribution in [0, 0.1) is 11.3 Å². The Bertz CT molecular complexity index is 390. The highest BCUT2D eigenvalue weighted by Crippen LogP contribution is 2.37. The first-order valence-corrected chi connectivity index (χ1v) is 7.50. The van der Waals surface area contributed by atoms with Crippen molar-refractivity contribution in [1.82, 2.24) is 5.32 Å². The van der Waals surface area contributed by atoms with Gasteiger partial charge in [0.05, 0.1) is 0 Å². The number of rotatable bonds is 6. The summed E-state index contributed by atoms with van der Waals surface area (Å²) in [5, 5.41) is 3.51. The van der Waals surface area contributed by atoms with Crippen molar-refractivity contribution in [2.75, 3.05) is 13.1 Å². The molecule has 2 rings (SSSR count). The molecule has 0 amide bonds. The smallest absolute Gasteiger partial charge is 0.123 e. The minimum atomic E-state index is 0.294. The van der Waals surface area contributed by atoms with Crippen LogP contribution in [0.5, 0.6) is 5.75 Å². The van der Waals surface area contributed by atoms with E-state index >= 15 is 0 Å². The molecule has 1 aromatic rings. The van der Waals surface area contributed by atoms with Crippen LogP contribution in [0.2, 0.25) is 0 Å². The van der Waals surface area contributed by atoms with Gasteiger partial charge in [-0.15, -0.1) is 0 Å². The molecule has 0 fully saturated rings. The van der Waals surface area contributed by atoms with Crippen molar-refractivity contribution in [2.24, 2.45) is 11.3 Å². The molecule has 0 spiro atoms. The van der Waals surface area contributed by atoms with Gasteiger partial charge >= 0.3 is 0 Å². The Morgan fingerprint density at radius 2 is 2.11 bits per heavy atom. The van der Waals surface area contributed by atoms with Crippen LogP contribution in [0.1, 0.15) is 39.7 Å². The average Bonchev–Trinajstić information content (AvgIpc) is 2.78. The lowest BCUT2D eigenvalue weighted by Gasteiger charge is -2.36. The van der Waals surface area contributed by atoms with Crippen molar-refractivity contribution in [3.8, 4) is 5.75 Å². The highest BCUT2D eigenvalue weighted by Gasteiger charge is 2.34. The number of benzene rings is 1. The fraction of sp³-hybridized carbons (Fsp3) is 0.647. The van der Waals surface area contributed by atoms with Crippen LogP contribution in [0.15, 0.2) is 24.3 Å². The van der Waals surface area contributed by atoms with Gasteiger partial charge in [-0.05, 0) is 35.9 Å². The number of hydrogen-bond acceptors (Lipinski definition) is 2. The van der Waals surface area contributed by atoms with Crippen LogP contribution in [0.4, 0.5) is 0 Å². The summed E-state index contributed by atoms with van der Waals surface area (Å²) in [6.07, 6.45) is 2.51. The molecule has 0 radical (unpaired) electrons. The molecule has 0 aliphatic carbocycles. The van der Waals surface area contributed by atoms with Gasteiger partial charge in [-0.3, -0.25) is 0 Å². The summed E-state index contributed by atoms with van der Waals surface area (Å²) in [5.74, 6) is 1.74. The SMILES string of the molecule is CCNCC(C)(CC1Cc2ccccc2O1)C(C)C. The Hall–Kier alpha value is -1.02. The molecule has 0 saturated heterocycles. The van der Waals surface area contributed by atoms with E-state index in [1.807, 2.05) is 0 Å². The zero-order valence-electron chi connectivity index (χ0n) is 12.7. The first-order chi connectivity index (χ1) is 9.05. The van der Waals surface area contributed by atoms with E-state index in [0.717, 1.165) is 31.7 Å². The van der Waals surface area contributed by atoms with Crippen molar-refractivity contribution >= 4 is 0 Å². The zero-order chi connectivity index (χ0) is 13.9. The third-order valence-corrected chi connectivity index (χ3v) is 4.58. The van der Waals surface area contributed by atoms with E-state index in [0.29, 0.717) is 17.4 Å². The quantitative estimate of drug-likeness (QED) is 0.844. The van der Waals surface area contributed by atoms with Crippen molar-refractivity contribution in [3.05, 3.63) is 29.8 Å². The van der Waals surface area contributed by atoms with Crippen LogP contribution in [0.3, 0.4) is 0 Å². The monoisotopic (exact) mass is 261 g/mol. The molecule has 0 aromatic heterocycles. The normalized spacial score (nSPS) is 21.0. The molecule has 1 aromatic carbocycles. The van der Waals surface area contributed by atoms with E-state index in [1.54, 1.807) is 0 Å². The van der Waals surface area contributed by atoms with E-state index < -0.39 is 0 Å². The Balaban J connectivity index is 2.00. The maximum absolute atomic E-state index is 6.10. The molecular weight excluding hydrogens is 234 g/mol. The van der Waals surface area contributed by atoms with E-state index in [2.05, 4.69) is 57.3 Å². The number of para-hydroxylation sites is 1. The summed E-state index contributed by atoms with van der Waals surface area (Å²) in [6, 6.07) is 8.44. The summed E-state index contributed by atoms with van der Waals surface area (Å²) in [5.41, 5.74) is 1.66. The number of fused-ring (bicyclic) bond motifs is 1. The molecule has 1 N–H and O–H groups in total. The van der Waals surface area contributed by atoms with Gasteiger partial charge < -0.3 is 10.1 Å². The lowest BCUT2D eigenvalue weighted by Crippen LogP contribution is -2.39. The van der Waals surface area contributed by atoms with Gasteiger partial charge in [0.15, 0.2) is 0 Å². The van der Waals surface area contributed by atoms with Gasteiger partial charge in [0, 0.05) is 13.0 Å². The molecule has 1 aliphatic rings. The fourth-order valence-electron chi connectivity index (χ4n) is 2.81. The second-order valence-corrected chi connectivity index (χ2v) is 6.34. The largest absolute Gasteiger partial charge is 0.490 e. The summed E-state index contributed by atoms with van der Waals surface area (Å²) < 4.78 is 6.10. The zero-order valence-corrected chi connectivity index (χ0v) is 12.7. The van der Waals surface area contributed by atoms with Crippen LogP contribution < -0.4 is 10.1 Å². The van der Waals surface area contributed by atoms with Crippen LogP contribution in [0.25, 0.3) is 0 Å². The minimum absolute atomic E-state index is 0.294. The molecule has 2 atom stereocenters. The summed E-state index contributed by atoms with van der Waals surface area (Å²) in [4.78, 5) is 0. The first-order valence-electron chi connectivity index (χ1n) is 7.50. The van der Waals surface area contributed by atoms with E-state index in [9.17, 15) is 0 Å². The van der Waals surface area contributed by atoms with E-state index in [-0.39, 0.29) is 0 Å². The van der Waals surface area contributed by atoms with Crippen molar-refractivity contribution in [3.63, 3.8) is 0 Å². The minimum Gasteiger partial charge on any atom is -0.490 e. The molecule has 0 saturated carbocycles. The topological polar surface area (TPSA) is 21.3 Å². The van der Waals surface area contributed by atoms with Gasteiger partial charge in [-0.1, -0.05) is 45.9 Å². The fourth-order valence-corrected chi connectivity index (χ4v) is 2.81. The van der Waals surface area contributed by atoms with Gasteiger partial charge in [0.1, 0.15) is 11.9 Å². The van der Waals surface area contributed by atoms with Gasteiger partial charge in [0.25, 0.3) is 0 Å². The van der Waals surface area contributed by atoms with Crippen LogP contribution >= 0.6 is 0 Å². The molecule has 0 bridgehead atoms. The predicted octanol–water partition coefficient (Wildman–Crippen LogP) is 3.65. The van der Waals surface area contributed by atoms with Crippen molar-refractivity contribution in [2.45, 2.75) is 46.6 Å². The number of hydrogen-bond donors (Lipinski definition) is 1. The molecule has 2 heteroatoms. The molecule has 2 unspecified atom stereocenters. The van der Waals surface area contributed by atoms with Gasteiger partial charge in [0.2, 0.25) is 0 Å². The second-order valence-electron chi connectivity index (χ2n) is 6.34. The second kappa shape index (κ2) is 5.96. The Morgan fingerprint density at radius 1 is 1.37 bits per heavy atom. The van der Waals surface area contributed by atoms with Crippen molar-refractivity contribution in [1.29, 1.82) is 0 Å². The molecule has 106 valence electrons. The highest BCUT2D eigenvalue weighted by molar-refractivity contribution is 5.37. The molecule has 19 heavy (non-hydrogen) atoms. The van der Waals surface area contributed by atoms with Crippen LogP contribution in [-0.2, 0) is 6.42 Å². The maximum atomic E-state index is 6.10. The predicted molar refractivity (Wildman–Crippen MR) is 80.7 cm³/mol. The third kappa shape index (κ3) is 3.30. The third-order valence-electron chi connectivity index (χ3n) is 4.58. The molecular formula is C17H27NO. The number of nitrogens with one attached hydrogen (secondary N) is 1. The van der Waals surface area contributed by atoms with Gasteiger partial charge in [-0.25, -0.2) is 0 Å². The Morgan fingerprint density at radius 3 is 2.74 bits per heavy atom. The lowest BCUT2D eigenvalue weighted by molar-refractivity contribution is 0.106. The van der Waals surface area contributed by atoms with Crippen molar-refractivity contribution < 1.29 is 4.74 Å². The highest BCUT2D eigenvalue weighted by atomic mass is 16.5. The maximum Gasteiger partial charge on any atom is 0.123 e. The molecule has 1 aliphatic heterocycles. The average molecular weight is 261 g/mol. The lowest BCUT2D eigenvalue weighted by atomic mass is 9.74. The van der Waals surface area contributed by atoms with E-state index in [4.69, 9.17) is 4.74 Å². The number of ether oxygens (including phenoxy) is 1. The first kappa shape index (κ1) is 14.4. The summed E-state index contributed by atoms with van der Waals surface area (Å²) in [6.45, 7) is 11.3. The van der Waals surface area contributed by atoms with Crippen LogP contribution in [-0.4, -0.2) is 19.2 Å². The van der Waals surface area contributed by atoms with Gasteiger partial charge in [-0.2, -0.15) is 0 Å². The summed E-state index contributed by atoms with van der Waals surface area (Å²) >= 11 is 0. The molecule has 1 heterocycles. The summed E-state index contributed by atoms with van der Waals surface area (Å²) in [7, 11) is 0. The molecule has 2 nitrogen and oxygen atoms in total.